The summed E-state index contributed by atoms with van der Waals surface area (Å²) in [5, 5.41) is 6.82. The van der Waals surface area contributed by atoms with Crippen molar-refractivity contribution in [3.8, 4) is 5.75 Å². The Morgan fingerprint density at radius 3 is 2.42 bits per heavy atom. The topological polar surface area (TPSA) is 62.8 Å². The zero-order valence-electron chi connectivity index (χ0n) is 19.9. The van der Waals surface area contributed by atoms with E-state index in [0.717, 1.165) is 57.9 Å². The molecule has 2 heterocycles. The number of hydrogen-bond acceptors (Lipinski definition) is 5. The Hall–Kier alpha value is -2.41. The molecular weight excluding hydrogens is 414 g/mol. The van der Waals surface area contributed by atoms with Crippen molar-refractivity contribution in [1.29, 1.82) is 0 Å². The lowest BCUT2D eigenvalue weighted by atomic mass is 9.88. The number of methoxy groups -OCH3 is 1. The predicted octanol–water partition coefficient (Wildman–Crippen LogP) is 2.97. The molecule has 2 aromatic rings. The van der Waals surface area contributed by atoms with Crippen molar-refractivity contribution in [2.45, 2.75) is 37.8 Å². The highest BCUT2D eigenvalue weighted by Crippen LogP contribution is 2.32. The van der Waals surface area contributed by atoms with Gasteiger partial charge >= 0.3 is 0 Å². The van der Waals surface area contributed by atoms with Crippen LogP contribution in [0.1, 0.15) is 35.4 Å². The third-order valence-corrected chi connectivity index (χ3v) is 6.94. The zero-order chi connectivity index (χ0) is 23.0. The number of hydrogen-bond donors (Lipinski definition) is 2. The van der Waals surface area contributed by atoms with Crippen LogP contribution in [0.5, 0.6) is 5.75 Å². The molecule has 0 aromatic heterocycles. The number of benzene rings is 2. The molecule has 2 fully saturated rings. The maximum absolute atomic E-state index is 13.0. The molecule has 0 saturated carbocycles. The van der Waals surface area contributed by atoms with Gasteiger partial charge in [-0.25, -0.2) is 0 Å². The number of carbonyl (C=O) groups excluding carboxylic acids is 1. The number of nitrogens with zero attached hydrogens (tertiary/aromatic N) is 1. The van der Waals surface area contributed by atoms with Crippen LogP contribution in [-0.4, -0.2) is 63.9 Å². The van der Waals surface area contributed by atoms with Crippen LogP contribution >= 0.6 is 0 Å². The summed E-state index contributed by atoms with van der Waals surface area (Å²) in [7, 11) is 3.77. The average Bonchev–Trinajstić information content (AvgIpc) is 3.26. The zero-order valence-corrected chi connectivity index (χ0v) is 19.9. The quantitative estimate of drug-likeness (QED) is 0.614. The number of likely N-dealkylation sites (N-methyl/N-ethyl adjacent to an activating group) is 1. The molecule has 2 saturated heterocycles. The summed E-state index contributed by atoms with van der Waals surface area (Å²) in [4.78, 5) is 15.3. The molecule has 0 bridgehead atoms. The molecule has 2 aromatic carbocycles. The first kappa shape index (κ1) is 23.7. The molecule has 0 radical (unpaired) electrons. The second-order valence-corrected chi connectivity index (χ2v) is 9.33. The Kier molecular flexibility index (Phi) is 8.37. The van der Waals surface area contributed by atoms with Crippen LogP contribution in [0, 0.1) is 5.92 Å². The number of rotatable bonds is 9. The lowest BCUT2D eigenvalue weighted by Crippen LogP contribution is -2.35. The van der Waals surface area contributed by atoms with Crippen molar-refractivity contribution < 1.29 is 14.3 Å². The standard InChI is InChI=1S/C27H37N3O3/c1-30-18-25(22-7-3-21(4-8-22)17-29-23-12-15-33-16-13-23)26(19-30)27(31)28-14-11-20-5-9-24(32-2)10-6-20/h3-10,23,25-26,29H,11-19H2,1-2H3,(H,28,31)/t25-,26+/m1/s1. The minimum absolute atomic E-state index is 0.0166. The minimum Gasteiger partial charge on any atom is -0.497 e. The number of likely N-dealkylation sites (tertiary alicyclic amines) is 1. The lowest BCUT2D eigenvalue weighted by molar-refractivity contribution is -0.124. The predicted molar refractivity (Wildman–Crippen MR) is 131 cm³/mol. The second-order valence-electron chi connectivity index (χ2n) is 9.33. The van der Waals surface area contributed by atoms with E-state index < -0.39 is 0 Å². The van der Waals surface area contributed by atoms with Gasteiger partial charge in [-0.2, -0.15) is 0 Å². The molecule has 6 heteroatoms. The second kappa shape index (κ2) is 11.6. The molecule has 1 amide bonds. The van der Waals surface area contributed by atoms with Crippen LogP contribution < -0.4 is 15.4 Å². The maximum atomic E-state index is 13.0. The van der Waals surface area contributed by atoms with E-state index in [2.05, 4.69) is 59.0 Å². The summed E-state index contributed by atoms with van der Waals surface area (Å²) in [5.41, 5.74) is 3.74. The number of nitrogens with one attached hydrogen (secondary N) is 2. The first-order valence-electron chi connectivity index (χ1n) is 12.1. The fraction of sp³-hybridized carbons (Fsp3) is 0.519. The molecule has 4 rings (SSSR count). The molecule has 0 spiro atoms. The monoisotopic (exact) mass is 451 g/mol. The van der Waals surface area contributed by atoms with Gasteiger partial charge in [-0.1, -0.05) is 36.4 Å². The molecule has 33 heavy (non-hydrogen) atoms. The van der Waals surface area contributed by atoms with E-state index in [4.69, 9.17) is 9.47 Å². The highest BCUT2D eigenvalue weighted by atomic mass is 16.5. The smallest absolute Gasteiger partial charge is 0.225 e. The van der Waals surface area contributed by atoms with Crippen molar-refractivity contribution in [3.05, 3.63) is 65.2 Å². The van der Waals surface area contributed by atoms with E-state index in [0.29, 0.717) is 12.6 Å². The van der Waals surface area contributed by atoms with Gasteiger partial charge in [0.1, 0.15) is 5.75 Å². The minimum atomic E-state index is -0.0166. The van der Waals surface area contributed by atoms with Gasteiger partial charge in [0.05, 0.1) is 13.0 Å². The molecule has 6 nitrogen and oxygen atoms in total. The molecular formula is C27H37N3O3. The molecule has 2 N–H and O–H groups in total. The molecule has 2 aliphatic heterocycles. The maximum Gasteiger partial charge on any atom is 0.225 e. The third kappa shape index (κ3) is 6.56. The Labute approximate surface area is 197 Å². The van der Waals surface area contributed by atoms with E-state index in [1.54, 1.807) is 7.11 Å². The molecule has 2 aliphatic rings. The van der Waals surface area contributed by atoms with Crippen molar-refractivity contribution in [2.24, 2.45) is 5.92 Å². The van der Waals surface area contributed by atoms with E-state index >= 15 is 0 Å². The lowest BCUT2D eigenvalue weighted by Gasteiger charge is -2.23. The Balaban J connectivity index is 1.29. The average molecular weight is 452 g/mol. The summed E-state index contributed by atoms with van der Waals surface area (Å²) < 4.78 is 10.6. The van der Waals surface area contributed by atoms with Crippen LogP contribution in [0.3, 0.4) is 0 Å². The van der Waals surface area contributed by atoms with Gasteiger partial charge < -0.3 is 25.0 Å². The van der Waals surface area contributed by atoms with E-state index in [-0.39, 0.29) is 17.7 Å². The Morgan fingerprint density at radius 1 is 1.03 bits per heavy atom. The number of amides is 1. The van der Waals surface area contributed by atoms with Gasteiger partial charge in [-0.15, -0.1) is 0 Å². The number of ether oxygens (including phenoxy) is 2. The van der Waals surface area contributed by atoms with Crippen LogP contribution in [0.2, 0.25) is 0 Å². The van der Waals surface area contributed by atoms with Crippen LogP contribution in [0.15, 0.2) is 48.5 Å². The van der Waals surface area contributed by atoms with Crippen molar-refractivity contribution in [2.75, 3.05) is 47.0 Å². The largest absolute Gasteiger partial charge is 0.497 e. The molecule has 2 atom stereocenters. The highest BCUT2D eigenvalue weighted by Gasteiger charge is 2.36. The van der Waals surface area contributed by atoms with Crippen LogP contribution in [0.25, 0.3) is 0 Å². The molecule has 0 unspecified atom stereocenters. The van der Waals surface area contributed by atoms with Gasteiger partial charge in [0.2, 0.25) is 5.91 Å². The van der Waals surface area contributed by atoms with Crippen LogP contribution in [0.4, 0.5) is 0 Å². The summed E-state index contributed by atoms with van der Waals surface area (Å²) in [6, 6.07) is 17.4. The van der Waals surface area contributed by atoms with E-state index in [1.807, 2.05) is 12.1 Å². The van der Waals surface area contributed by atoms with Gasteiger partial charge in [-0.05, 0) is 55.1 Å². The molecule has 178 valence electrons. The van der Waals surface area contributed by atoms with Crippen molar-refractivity contribution in [1.82, 2.24) is 15.5 Å². The first-order chi connectivity index (χ1) is 16.1. The van der Waals surface area contributed by atoms with E-state index in [1.165, 1.54) is 16.7 Å². The summed E-state index contributed by atoms with van der Waals surface area (Å²) >= 11 is 0. The summed E-state index contributed by atoms with van der Waals surface area (Å²) in [6.45, 7) is 4.95. The normalized spacial score (nSPS) is 21.8. The number of carbonyl (C=O) groups is 1. The SMILES string of the molecule is COc1ccc(CCNC(=O)[C@H]2CN(C)C[C@@H]2c2ccc(CNC3CCOCC3)cc2)cc1. The first-order valence-corrected chi connectivity index (χ1v) is 12.1. The van der Waals surface area contributed by atoms with Gasteiger partial charge in [0, 0.05) is 51.4 Å². The van der Waals surface area contributed by atoms with Crippen molar-refractivity contribution >= 4 is 5.91 Å². The summed E-state index contributed by atoms with van der Waals surface area (Å²) in [5.74, 6) is 1.22. The summed E-state index contributed by atoms with van der Waals surface area (Å²) in [6.07, 6.45) is 2.99. The third-order valence-electron chi connectivity index (χ3n) is 6.94. The fourth-order valence-electron chi connectivity index (χ4n) is 4.90. The Morgan fingerprint density at radius 2 is 1.73 bits per heavy atom. The van der Waals surface area contributed by atoms with Gasteiger partial charge in [0.15, 0.2) is 0 Å². The van der Waals surface area contributed by atoms with Crippen molar-refractivity contribution in [3.63, 3.8) is 0 Å². The van der Waals surface area contributed by atoms with Crippen LogP contribution in [-0.2, 0) is 22.5 Å². The highest BCUT2D eigenvalue weighted by molar-refractivity contribution is 5.80. The fourth-order valence-corrected chi connectivity index (χ4v) is 4.90. The van der Waals surface area contributed by atoms with Gasteiger partial charge in [-0.3, -0.25) is 4.79 Å². The molecule has 0 aliphatic carbocycles. The van der Waals surface area contributed by atoms with E-state index in [9.17, 15) is 4.79 Å². The van der Waals surface area contributed by atoms with Gasteiger partial charge in [0.25, 0.3) is 0 Å². The Bertz CT molecular complexity index is 878.